The molecule has 2 aromatic rings. The summed E-state index contributed by atoms with van der Waals surface area (Å²) in [5.41, 5.74) is 0.842. The molecule has 1 aliphatic rings. The fourth-order valence-corrected chi connectivity index (χ4v) is 3.56. The summed E-state index contributed by atoms with van der Waals surface area (Å²) in [6.07, 6.45) is 0.439. The molecule has 1 aromatic carbocycles. The van der Waals surface area contributed by atoms with Crippen LogP contribution in [0.25, 0.3) is 11.5 Å². The number of benzene rings is 1. The molecule has 1 saturated heterocycles. The van der Waals surface area contributed by atoms with Crippen molar-refractivity contribution in [3.63, 3.8) is 0 Å². The average Bonchev–Trinajstić information content (AvgIpc) is 3.04. The van der Waals surface area contributed by atoms with E-state index in [1.807, 2.05) is 30.3 Å². The molecule has 1 N–H and O–H groups in total. The summed E-state index contributed by atoms with van der Waals surface area (Å²) in [6.45, 7) is 0.818. The van der Waals surface area contributed by atoms with Crippen molar-refractivity contribution in [3.8, 4) is 11.5 Å². The Morgan fingerprint density at radius 2 is 1.92 bits per heavy atom. The fourth-order valence-electron chi connectivity index (χ4n) is 2.36. The summed E-state index contributed by atoms with van der Waals surface area (Å²) in [5, 5.41) is 6.64. The number of aromatic nitrogens is 2. The standard InChI is InChI=1S/C15H18N4O4S/c20-15(19-8-10-24(21,22)11-9-19)16-7-6-13-17-14(23-18-13)12-4-2-1-3-5-12/h1-5H,6-11H2,(H,16,20). The number of amides is 2. The van der Waals surface area contributed by atoms with Gasteiger partial charge in [0.05, 0.1) is 11.5 Å². The van der Waals surface area contributed by atoms with E-state index in [1.54, 1.807) is 0 Å². The zero-order chi connectivity index (χ0) is 17.0. The van der Waals surface area contributed by atoms with Gasteiger partial charge in [-0.1, -0.05) is 23.4 Å². The van der Waals surface area contributed by atoms with Crippen LogP contribution in [0.2, 0.25) is 0 Å². The topological polar surface area (TPSA) is 105 Å². The normalized spacial score (nSPS) is 16.8. The highest BCUT2D eigenvalue weighted by Crippen LogP contribution is 2.16. The maximum absolute atomic E-state index is 12.0. The van der Waals surface area contributed by atoms with Crippen LogP contribution < -0.4 is 5.32 Å². The van der Waals surface area contributed by atoms with Crippen LogP contribution in [0.3, 0.4) is 0 Å². The Morgan fingerprint density at radius 1 is 1.21 bits per heavy atom. The van der Waals surface area contributed by atoms with E-state index in [1.165, 1.54) is 4.90 Å². The smallest absolute Gasteiger partial charge is 0.317 e. The van der Waals surface area contributed by atoms with Gasteiger partial charge < -0.3 is 14.7 Å². The van der Waals surface area contributed by atoms with E-state index in [9.17, 15) is 13.2 Å². The number of hydrogen-bond donors (Lipinski definition) is 1. The molecule has 0 atom stereocenters. The number of carbonyl (C=O) groups is 1. The van der Waals surface area contributed by atoms with Crippen molar-refractivity contribution < 1.29 is 17.7 Å². The van der Waals surface area contributed by atoms with Crippen molar-refractivity contribution in [1.29, 1.82) is 0 Å². The highest BCUT2D eigenvalue weighted by molar-refractivity contribution is 7.91. The summed E-state index contributed by atoms with van der Waals surface area (Å²) >= 11 is 0. The molecule has 2 heterocycles. The molecule has 0 aliphatic carbocycles. The van der Waals surface area contributed by atoms with Crippen molar-refractivity contribution in [2.24, 2.45) is 0 Å². The molecule has 0 unspecified atom stereocenters. The first-order chi connectivity index (χ1) is 11.5. The maximum atomic E-state index is 12.0. The third kappa shape index (κ3) is 4.10. The zero-order valence-corrected chi connectivity index (χ0v) is 13.8. The van der Waals surface area contributed by atoms with E-state index in [2.05, 4.69) is 15.5 Å². The first-order valence-electron chi connectivity index (χ1n) is 7.65. The third-order valence-electron chi connectivity index (χ3n) is 3.75. The Kier molecular flexibility index (Phi) is 4.79. The molecular formula is C15H18N4O4S. The van der Waals surface area contributed by atoms with Crippen LogP contribution in [0.15, 0.2) is 34.9 Å². The quantitative estimate of drug-likeness (QED) is 0.871. The summed E-state index contributed by atoms with van der Waals surface area (Å²) < 4.78 is 27.9. The predicted octanol–water partition coefficient (Wildman–Crippen LogP) is 0.719. The highest BCUT2D eigenvalue weighted by atomic mass is 32.2. The van der Waals surface area contributed by atoms with Crippen LogP contribution in [-0.4, -0.2) is 60.6 Å². The number of nitrogens with one attached hydrogen (secondary N) is 1. The molecular weight excluding hydrogens is 332 g/mol. The van der Waals surface area contributed by atoms with E-state index in [-0.39, 0.29) is 30.6 Å². The number of carbonyl (C=O) groups excluding carboxylic acids is 1. The highest BCUT2D eigenvalue weighted by Gasteiger charge is 2.24. The van der Waals surface area contributed by atoms with Crippen LogP contribution in [0.1, 0.15) is 5.82 Å². The minimum Gasteiger partial charge on any atom is -0.338 e. The monoisotopic (exact) mass is 350 g/mol. The fraction of sp³-hybridized carbons (Fsp3) is 0.400. The number of sulfone groups is 1. The largest absolute Gasteiger partial charge is 0.338 e. The molecule has 0 bridgehead atoms. The van der Waals surface area contributed by atoms with Crippen molar-refractivity contribution in [2.45, 2.75) is 6.42 Å². The van der Waals surface area contributed by atoms with Gasteiger partial charge in [0.15, 0.2) is 15.7 Å². The summed E-state index contributed by atoms with van der Waals surface area (Å²) in [7, 11) is -2.99. The number of urea groups is 1. The van der Waals surface area contributed by atoms with Crippen molar-refractivity contribution in [2.75, 3.05) is 31.1 Å². The Labute approximate surface area is 139 Å². The van der Waals surface area contributed by atoms with Gasteiger partial charge in [-0.2, -0.15) is 4.98 Å². The van der Waals surface area contributed by atoms with Crippen molar-refractivity contribution in [3.05, 3.63) is 36.2 Å². The molecule has 1 aromatic heterocycles. The van der Waals surface area contributed by atoms with Gasteiger partial charge in [0.1, 0.15) is 0 Å². The van der Waals surface area contributed by atoms with Crippen LogP contribution in [0, 0.1) is 0 Å². The van der Waals surface area contributed by atoms with Gasteiger partial charge in [-0.15, -0.1) is 0 Å². The van der Waals surface area contributed by atoms with Gasteiger partial charge in [0.25, 0.3) is 5.89 Å². The summed E-state index contributed by atoms with van der Waals surface area (Å²) in [6, 6.07) is 9.17. The second kappa shape index (κ2) is 7.00. The molecule has 0 radical (unpaired) electrons. The van der Waals surface area contributed by atoms with Crippen LogP contribution in [0.4, 0.5) is 4.79 Å². The minimum absolute atomic E-state index is 0.0195. The molecule has 9 heteroatoms. The van der Waals surface area contributed by atoms with Crippen molar-refractivity contribution in [1.82, 2.24) is 20.4 Å². The lowest BCUT2D eigenvalue weighted by Crippen LogP contribution is -2.48. The molecule has 0 saturated carbocycles. The van der Waals surface area contributed by atoms with Gasteiger partial charge in [-0.25, -0.2) is 13.2 Å². The third-order valence-corrected chi connectivity index (χ3v) is 5.35. The van der Waals surface area contributed by atoms with Gasteiger partial charge in [0.2, 0.25) is 0 Å². The van der Waals surface area contributed by atoms with Crippen molar-refractivity contribution >= 4 is 15.9 Å². The van der Waals surface area contributed by atoms with Crippen LogP contribution in [-0.2, 0) is 16.3 Å². The SMILES string of the molecule is O=C(NCCc1noc(-c2ccccc2)n1)N1CCS(=O)(=O)CC1. The average molecular weight is 350 g/mol. The van der Waals surface area contributed by atoms with Gasteiger partial charge >= 0.3 is 6.03 Å². The first kappa shape index (κ1) is 16.4. The Morgan fingerprint density at radius 3 is 2.62 bits per heavy atom. The Balaban J connectivity index is 1.47. The lowest BCUT2D eigenvalue weighted by molar-refractivity contribution is 0.202. The Hall–Kier alpha value is -2.42. The lowest BCUT2D eigenvalue weighted by Gasteiger charge is -2.26. The maximum Gasteiger partial charge on any atom is 0.317 e. The first-order valence-corrected chi connectivity index (χ1v) is 9.47. The molecule has 128 valence electrons. The van der Waals surface area contributed by atoms with E-state index in [4.69, 9.17) is 4.52 Å². The molecule has 1 fully saturated rings. The van der Waals surface area contributed by atoms with Gasteiger partial charge in [0, 0.05) is 31.6 Å². The molecule has 1 aliphatic heterocycles. The minimum atomic E-state index is -2.99. The number of rotatable bonds is 4. The molecule has 24 heavy (non-hydrogen) atoms. The zero-order valence-electron chi connectivity index (χ0n) is 13.0. The summed E-state index contributed by atoms with van der Waals surface area (Å²) in [5.74, 6) is 0.991. The molecule has 8 nitrogen and oxygen atoms in total. The number of nitrogens with zero attached hydrogens (tertiary/aromatic N) is 3. The van der Waals surface area contributed by atoms with E-state index in [0.29, 0.717) is 24.7 Å². The van der Waals surface area contributed by atoms with Crippen LogP contribution >= 0.6 is 0 Å². The predicted molar refractivity (Wildman–Crippen MR) is 87.1 cm³/mol. The Bertz CT molecular complexity index is 790. The van der Waals surface area contributed by atoms with Gasteiger partial charge in [-0.3, -0.25) is 0 Å². The lowest BCUT2D eigenvalue weighted by atomic mass is 10.2. The van der Waals surface area contributed by atoms with E-state index >= 15 is 0 Å². The van der Waals surface area contributed by atoms with Crippen LogP contribution in [0.5, 0.6) is 0 Å². The molecule has 3 rings (SSSR count). The molecule has 2 amide bonds. The van der Waals surface area contributed by atoms with E-state index in [0.717, 1.165) is 5.56 Å². The van der Waals surface area contributed by atoms with E-state index < -0.39 is 9.84 Å². The van der Waals surface area contributed by atoms with Gasteiger partial charge in [-0.05, 0) is 12.1 Å². The second-order valence-electron chi connectivity index (χ2n) is 5.50. The number of hydrogen-bond acceptors (Lipinski definition) is 6. The summed E-state index contributed by atoms with van der Waals surface area (Å²) in [4.78, 5) is 17.8. The molecule has 0 spiro atoms. The second-order valence-corrected chi connectivity index (χ2v) is 7.81.